The molecular weight excluding hydrogens is 292 g/mol. The summed E-state index contributed by atoms with van der Waals surface area (Å²) >= 11 is 1.55. The zero-order valence-corrected chi connectivity index (χ0v) is 13.3. The van der Waals surface area contributed by atoms with Gasteiger partial charge in [-0.3, -0.25) is 4.79 Å². The van der Waals surface area contributed by atoms with Crippen molar-refractivity contribution in [1.29, 1.82) is 0 Å². The lowest BCUT2D eigenvalue weighted by Gasteiger charge is -2.16. The maximum absolute atomic E-state index is 12.8. The summed E-state index contributed by atoms with van der Waals surface area (Å²) in [5, 5.41) is 0.892. The summed E-state index contributed by atoms with van der Waals surface area (Å²) < 4.78 is 0. The van der Waals surface area contributed by atoms with Crippen LogP contribution in [-0.2, 0) is 0 Å². The lowest BCUT2D eigenvalue weighted by Crippen LogP contribution is -2.26. The van der Waals surface area contributed by atoms with Crippen LogP contribution < -0.4 is 4.90 Å². The Morgan fingerprint density at radius 2 is 1.59 bits per heavy atom. The minimum atomic E-state index is -0.0885. The molecule has 0 unspecified atom stereocenters. The second kappa shape index (κ2) is 6.12. The van der Waals surface area contributed by atoms with Gasteiger partial charge in [0.2, 0.25) is 0 Å². The van der Waals surface area contributed by atoms with E-state index in [1.54, 1.807) is 23.3 Å². The van der Waals surface area contributed by atoms with E-state index in [0.29, 0.717) is 5.69 Å². The van der Waals surface area contributed by atoms with Gasteiger partial charge in [0, 0.05) is 12.7 Å². The van der Waals surface area contributed by atoms with Gasteiger partial charge in [0.25, 0.3) is 5.91 Å². The van der Waals surface area contributed by atoms with Crippen LogP contribution >= 0.6 is 11.3 Å². The van der Waals surface area contributed by atoms with E-state index in [1.165, 1.54) is 0 Å². The van der Waals surface area contributed by atoms with Crippen LogP contribution in [0.5, 0.6) is 0 Å². The number of aryl methyl sites for hydroxylation is 1. The molecule has 1 heterocycles. The van der Waals surface area contributed by atoms with E-state index in [9.17, 15) is 4.79 Å². The Morgan fingerprint density at radius 3 is 2.23 bits per heavy atom. The fourth-order valence-electron chi connectivity index (χ4n) is 2.28. The molecule has 1 amide bonds. The van der Waals surface area contributed by atoms with Crippen molar-refractivity contribution in [2.75, 3.05) is 11.9 Å². The second-order valence-corrected chi connectivity index (χ2v) is 6.18. The minimum absolute atomic E-state index is 0.0885. The van der Waals surface area contributed by atoms with E-state index in [2.05, 4.69) is 4.98 Å². The monoisotopic (exact) mass is 308 g/mol. The minimum Gasteiger partial charge on any atom is -0.310 e. The molecule has 3 aromatic rings. The van der Waals surface area contributed by atoms with Crippen molar-refractivity contribution in [2.24, 2.45) is 0 Å². The highest BCUT2D eigenvalue weighted by Crippen LogP contribution is 2.31. The number of hydrogen-bond acceptors (Lipinski definition) is 3. The average molecular weight is 308 g/mol. The number of nitrogens with zero attached hydrogens (tertiary/aromatic N) is 2. The third-order valence-corrected chi connectivity index (χ3v) is 4.44. The number of anilines is 1. The number of hydrogen-bond donors (Lipinski definition) is 0. The van der Waals surface area contributed by atoms with Crippen LogP contribution in [0, 0.1) is 6.92 Å². The Kier molecular flexibility index (Phi) is 4.02. The maximum Gasteiger partial charge on any atom is 0.278 e. The molecule has 0 saturated heterocycles. The quantitative estimate of drug-likeness (QED) is 0.718. The van der Waals surface area contributed by atoms with Gasteiger partial charge in [0.15, 0.2) is 0 Å². The molecule has 0 spiro atoms. The van der Waals surface area contributed by atoms with Gasteiger partial charge < -0.3 is 4.90 Å². The van der Waals surface area contributed by atoms with E-state index >= 15 is 0 Å². The molecule has 3 nitrogen and oxygen atoms in total. The molecule has 0 radical (unpaired) electrons. The number of thiazole rings is 1. The highest BCUT2D eigenvalue weighted by molar-refractivity contribution is 7.15. The first-order valence-electron chi connectivity index (χ1n) is 7.03. The lowest BCUT2D eigenvalue weighted by molar-refractivity contribution is 0.0989. The normalized spacial score (nSPS) is 10.5. The van der Waals surface area contributed by atoms with Crippen LogP contribution in [0.1, 0.15) is 15.5 Å². The molecule has 0 aliphatic rings. The van der Waals surface area contributed by atoms with Crippen LogP contribution in [0.4, 0.5) is 5.69 Å². The molecule has 2 aromatic carbocycles. The lowest BCUT2D eigenvalue weighted by atomic mass is 10.1. The average Bonchev–Trinajstić information content (AvgIpc) is 2.97. The number of carbonyl (C=O) groups excluding carboxylic acids is 1. The Labute approximate surface area is 133 Å². The summed E-state index contributed by atoms with van der Waals surface area (Å²) in [6.45, 7) is 1.93. The third-order valence-electron chi connectivity index (χ3n) is 3.42. The van der Waals surface area contributed by atoms with E-state index < -0.39 is 0 Å². The first-order chi connectivity index (χ1) is 10.7. The molecule has 3 rings (SSSR count). The second-order valence-electron chi connectivity index (χ2n) is 4.98. The number of para-hydroxylation sites is 1. The summed E-state index contributed by atoms with van der Waals surface area (Å²) in [6.07, 6.45) is 0. The first kappa shape index (κ1) is 14.5. The summed E-state index contributed by atoms with van der Waals surface area (Å²) in [7, 11) is 1.78. The first-order valence-corrected chi connectivity index (χ1v) is 7.84. The molecule has 0 atom stereocenters. The Bertz CT molecular complexity index is 781. The topological polar surface area (TPSA) is 33.2 Å². The number of amides is 1. The van der Waals surface area contributed by atoms with Crippen molar-refractivity contribution in [2.45, 2.75) is 6.92 Å². The smallest absolute Gasteiger partial charge is 0.278 e. The van der Waals surface area contributed by atoms with Crippen molar-refractivity contribution in [3.63, 3.8) is 0 Å². The standard InChI is InChI=1S/C18H16N2OS/c1-13-19-16(17(22-13)14-9-5-3-6-10-14)18(21)20(2)15-11-7-4-8-12-15/h3-12H,1-2H3. The summed E-state index contributed by atoms with van der Waals surface area (Å²) in [5.41, 5.74) is 2.40. The predicted octanol–water partition coefficient (Wildman–Crippen LogP) is 4.40. The number of aromatic nitrogens is 1. The summed E-state index contributed by atoms with van der Waals surface area (Å²) in [4.78, 5) is 19.8. The molecule has 4 heteroatoms. The largest absolute Gasteiger partial charge is 0.310 e. The third kappa shape index (κ3) is 2.78. The maximum atomic E-state index is 12.8. The molecule has 0 bridgehead atoms. The van der Waals surface area contributed by atoms with Crippen LogP contribution in [0.15, 0.2) is 60.7 Å². The van der Waals surface area contributed by atoms with Gasteiger partial charge in [-0.25, -0.2) is 4.98 Å². The van der Waals surface area contributed by atoms with Crippen LogP contribution in [-0.4, -0.2) is 17.9 Å². The van der Waals surface area contributed by atoms with E-state index in [0.717, 1.165) is 21.1 Å². The van der Waals surface area contributed by atoms with Crippen molar-refractivity contribution >= 4 is 22.9 Å². The van der Waals surface area contributed by atoms with Crippen molar-refractivity contribution in [1.82, 2.24) is 4.98 Å². The molecule has 1 aromatic heterocycles. The zero-order valence-electron chi connectivity index (χ0n) is 12.5. The van der Waals surface area contributed by atoms with Gasteiger partial charge in [0.05, 0.1) is 9.88 Å². The SMILES string of the molecule is Cc1nc(C(=O)N(C)c2ccccc2)c(-c2ccccc2)s1. The Morgan fingerprint density at radius 1 is 1.00 bits per heavy atom. The Hall–Kier alpha value is -2.46. The van der Waals surface area contributed by atoms with E-state index in [-0.39, 0.29) is 5.91 Å². The molecule has 0 aliphatic heterocycles. The van der Waals surface area contributed by atoms with Crippen LogP contribution in [0.2, 0.25) is 0 Å². The van der Waals surface area contributed by atoms with Gasteiger partial charge in [0.1, 0.15) is 5.69 Å². The summed E-state index contributed by atoms with van der Waals surface area (Å²) in [6, 6.07) is 19.5. The zero-order chi connectivity index (χ0) is 15.5. The molecule has 110 valence electrons. The molecule has 0 N–H and O–H groups in total. The molecule has 0 aliphatic carbocycles. The predicted molar refractivity (Wildman–Crippen MR) is 91.5 cm³/mol. The molecule has 22 heavy (non-hydrogen) atoms. The highest BCUT2D eigenvalue weighted by Gasteiger charge is 2.22. The van der Waals surface area contributed by atoms with E-state index in [4.69, 9.17) is 0 Å². The van der Waals surface area contributed by atoms with Gasteiger partial charge in [-0.05, 0) is 24.6 Å². The number of carbonyl (C=O) groups is 1. The number of benzene rings is 2. The Balaban J connectivity index is 2.00. The van der Waals surface area contributed by atoms with Crippen molar-refractivity contribution in [3.05, 3.63) is 71.4 Å². The van der Waals surface area contributed by atoms with Crippen molar-refractivity contribution < 1.29 is 4.79 Å². The fraction of sp³-hybridized carbons (Fsp3) is 0.111. The van der Waals surface area contributed by atoms with Crippen LogP contribution in [0.3, 0.4) is 0 Å². The van der Waals surface area contributed by atoms with Gasteiger partial charge in [-0.1, -0.05) is 48.5 Å². The van der Waals surface area contributed by atoms with Crippen molar-refractivity contribution in [3.8, 4) is 10.4 Å². The van der Waals surface area contributed by atoms with Crippen LogP contribution in [0.25, 0.3) is 10.4 Å². The van der Waals surface area contributed by atoms with Gasteiger partial charge in [-0.15, -0.1) is 11.3 Å². The summed E-state index contributed by atoms with van der Waals surface area (Å²) in [5.74, 6) is -0.0885. The van der Waals surface area contributed by atoms with Gasteiger partial charge >= 0.3 is 0 Å². The highest BCUT2D eigenvalue weighted by atomic mass is 32.1. The molecule has 0 fully saturated rings. The molecule has 0 saturated carbocycles. The van der Waals surface area contributed by atoms with E-state index in [1.807, 2.05) is 67.6 Å². The van der Waals surface area contributed by atoms with Gasteiger partial charge in [-0.2, -0.15) is 0 Å². The molecular formula is C18H16N2OS. The number of rotatable bonds is 3. The fourth-order valence-corrected chi connectivity index (χ4v) is 3.20.